The Bertz CT molecular complexity index is 776. The molecule has 0 spiro atoms. The third-order valence-corrected chi connectivity index (χ3v) is 6.76. The lowest BCUT2D eigenvalue weighted by Crippen LogP contribution is -2.54. The molecule has 31 heavy (non-hydrogen) atoms. The van der Waals surface area contributed by atoms with E-state index in [0.29, 0.717) is 17.1 Å². The lowest BCUT2D eigenvalue weighted by Gasteiger charge is -2.37. The molecule has 2 saturated heterocycles. The van der Waals surface area contributed by atoms with Crippen LogP contribution in [0.5, 0.6) is 0 Å². The standard InChI is InChI=1S/C22H31ClFN5O.HI/c1-25-22(26-19-14-16(19)21-17(23)6-5-7-18(21)24)29-12-10-27(11-13-29)15-20(30)28-8-3-2-4-9-28;/h5-7,16,19H,2-4,8-15H2,1H3,(H,25,26);1H. The second-order valence-electron chi connectivity index (χ2n) is 8.48. The van der Waals surface area contributed by atoms with Crippen molar-refractivity contribution in [2.45, 2.75) is 37.6 Å². The van der Waals surface area contributed by atoms with Crippen LogP contribution in [0.3, 0.4) is 0 Å². The molecule has 9 heteroatoms. The smallest absolute Gasteiger partial charge is 0.236 e. The molecular formula is C22H32ClFIN5O. The van der Waals surface area contributed by atoms with Gasteiger partial charge in [-0.15, -0.1) is 24.0 Å². The molecule has 3 fully saturated rings. The summed E-state index contributed by atoms with van der Waals surface area (Å²) < 4.78 is 14.2. The summed E-state index contributed by atoms with van der Waals surface area (Å²) in [6, 6.07) is 5.00. The largest absolute Gasteiger partial charge is 0.353 e. The van der Waals surface area contributed by atoms with Crippen LogP contribution in [0.15, 0.2) is 23.2 Å². The number of piperidine rings is 1. The van der Waals surface area contributed by atoms with Gasteiger partial charge in [-0.2, -0.15) is 0 Å². The van der Waals surface area contributed by atoms with E-state index in [1.165, 1.54) is 12.5 Å². The number of aliphatic imine (C=N–C) groups is 1. The van der Waals surface area contributed by atoms with E-state index in [2.05, 4.69) is 20.1 Å². The van der Waals surface area contributed by atoms with Gasteiger partial charge in [0.25, 0.3) is 0 Å². The summed E-state index contributed by atoms with van der Waals surface area (Å²) in [5, 5.41) is 3.97. The van der Waals surface area contributed by atoms with Crippen molar-refractivity contribution in [2.75, 3.05) is 52.9 Å². The number of piperazine rings is 1. The summed E-state index contributed by atoms with van der Waals surface area (Å²) in [7, 11) is 1.78. The van der Waals surface area contributed by atoms with E-state index < -0.39 is 0 Å². The first-order valence-electron chi connectivity index (χ1n) is 11.0. The topological polar surface area (TPSA) is 51.2 Å². The van der Waals surface area contributed by atoms with Crippen molar-refractivity contribution < 1.29 is 9.18 Å². The zero-order valence-corrected chi connectivity index (χ0v) is 21.1. The molecule has 1 N–H and O–H groups in total. The molecule has 4 rings (SSSR count). The average Bonchev–Trinajstić information content (AvgIpc) is 3.52. The summed E-state index contributed by atoms with van der Waals surface area (Å²) in [5.41, 5.74) is 0.605. The van der Waals surface area contributed by atoms with Gasteiger partial charge in [-0.05, 0) is 37.8 Å². The fraction of sp³-hybridized carbons (Fsp3) is 0.636. The molecule has 2 aliphatic heterocycles. The SMILES string of the molecule is CN=C(NC1CC1c1c(F)cccc1Cl)N1CCN(CC(=O)N2CCCCC2)CC1.I. The van der Waals surface area contributed by atoms with Gasteiger partial charge in [-0.3, -0.25) is 14.7 Å². The van der Waals surface area contributed by atoms with Crippen molar-refractivity contribution in [2.24, 2.45) is 4.99 Å². The number of carbonyl (C=O) groups is 1. The van der Waals surface area contributed by atoms with E-state index in [9.17, 15) is 9.18 Å². The van der Waals surface area contributed by atoms with E-state index in [1.54, 1.807) is 19.2 Å². The lowest BCUT2D eigenvalue weighted by molar-refractivity contribution is -0.133. The highest BCUT2D eigenvalue weighted by Gasteiger charge is 2.42. The molecule has 6 nitrogen and oxygen atoms in total. The van der Waals surface area contributed by atoms with Gasteiger partial charge in [0.1, 0.15) is 5.82 Å². The predicted octanol–water partition coefficient (Wildman–Crippen LogP) is 3.16. The van der Waals surface area contributed by atoms with E-state index in [0.717, 1.165) is 64.5 Å². The Labute approximate surface area is 206 Å². The van der Waals surface area contributed by atoms with Crippen LogP contribution in [0.25, 0.3) is 0 Å². The monoisotopic (exact) mass is 563 g/mol. The van der Waals surface area contributed by atoms with Crippen LogP contribution in [-0.4, -0.2) is 85.5 Å². The highest BCUT2D eigenvalue weighted by Crippen LogP contribution is 2.45. The molecule has 1 amide bonds. The number of carbonyl (C=O) groups excluding carboxylic acids is 1. The van der Waals surface area contributed by atoms with Gasteiger partial charge in [-0.25, -0.2) is 4.39 Å². The normalized spacial score (nSPS) is 24.5. The van der Waals surface area contributed by atoms with Crippen LogP contribution in [0.2, 0.25) is 5.02 Å². The number of hydrogen-bond donors (Lipinski definition) is 1. The Morgan fingerprint density at radius 1 is 1.13 bits per heavy atom. The first kappa shape index (κ1) is 24.5. The highest BCUT2D eigenvalue weighted by atomic mass is 127. The number of benzene rings is 1. The van der Waals surface area contributed by atoms with Gasteiger partial charge >= 0.3 is 0 Å². The van der Waals surface area contributed by atoms with E-state index >= 15 is 0 Å². The number of guanidine groups is 1. The lowest BCUT2D eigenvalue weighted by atomic mass is 10.1. The van der Waals surface area contributed by atoms with Gasteiger partial charge in [0, 0.05) is 68.9 Å². The summed E-state index contributed by atoms with van der Waals surface area (Å²) in [5.74, 6) is 0.947. The first-order valence-corrected chi connectivity index (χ1v) is 11.4. The van der Waals surface area contributed by atoms with Gasteiger partial charge < -0.3 is 15.1 Å². The molecule has 1 saturated carbocycles. The number of nitrogens with one attached hydrogen (secondary N) is 1. The Kier molecular flexibility index (Phi) is 8.81. The van der Waals surface area contributed by atoms with Gasteiger partial charge in [-0.1, -0.05) is 17.7 Å². The Morgan fingerprint density at radius 2 is 1.84 bits per heavy atom. The third-order valence-electron chi connectivity index (χ3n) is 6.43. The van der Waals surface area contributed by atoms with Crippen LogP contribution in [0.1, 0.15) is 37.2 Å². The fourth-order valence-corrected chi connectivity index (χ4v) is 4.86. The molecule has 0 radical (unpaired) electrons. The number of rotatable bonds is 4. The first-order chi connectivity index (χ1) is 14.6. The minimum atomic E-state index is -0.237. The molecule has 2 atom stereocenters. The summed E-state index contributed by atoms with van der Waals surface area (Å²) in [6.07, 6.45) is 4.34. The van der Waals surface area contributed by atoms with Crippen LogP contribution >= 0.6 is 35.6 Å². The van der Waals surface area contributed by atoms with Crippen molar-refractivity contribution in [1.82, 2.24) is 20.0 Å². The van der Waals surface area contributed by atoms with Crippen LogP contribution in [0, 0.1) is 5.82 Å². The molecule has 0 bridgehead atoms. The predicted molar refractivity (Wildman–Crippen MR) is 133 cm³/mol. The Balaban J connectivity index is 0.00000272. The van der Waals surface area contributed by atoms with Gasteiger partial charge in [0.05, 0.1) is 6.54 Å². The third kappa shape index (κ3) is 6.01. The molecule has 2 heterocycles. The number of nitrogens with zero attached hydrogens (tertiary/aromatic N) is 4. The molecule has 1 aliphatic carbocycles. The van der Waals surface area contributed by atoms with Gasteiger partial charge in [0.15, 0.2) is 5.96 Å². The highest BCUT2D eigenvalue weighted by molar-refractivity contribution is 14.0. The minimum Gasteiger partial charge on any atom is -0.353 e. The van der Waals surface area contributed by atoms with Crippen molar-refractivity contribution >= 4 is 47.4 Å². The summed E-state index contributed by atoms with van der Waals surface area (Å²) in [4.78, 5) is 23.4. The fourth-order valence-electron chi connectivity index (χ4n) is 4.55. The number of likely N-dealkylation sites (tertiary alicyclic amines) is 1. The number of amides is 1. The van der Waals surface area contributed by atoms with Crippen molar-refractivity contribution in [3.63, 3.8) is 0 Å². The van der Waals surface area contributed by atoms with E-state index in [1.807, 2.05) is 4.90 Å². The van der Waals surface area contributed by atoms with Crippen LogP contribution < -0.4 is 5.32 Å². The second-order valence-corrected chi connectivity index (χ2v) is 8.89. The van der Waals surface area contributed by atoms with Crippen molar-refractivity contribution in [3.05, 3.63) is 34.6 Å². The maximum Gasteiger partial charge on any atom is 0.236 e. The minimum absolute atomic E-state index is 0. The average molecular weight is 564 g/mol. The molecule has 0 aromatic heterocycles. The van der Waals surface area contributed by atoms with Gasteiger partial charge in [0.2, 0.25) is 5.91 Å². The van der Waals surface area contributed by atoms with Crippen molar-refractivity contribution in [3.8, 4) is 0 Å². The van der Waals surface area contributed by atoms with Crippen LogP contribution in [0.4, 0.5) is 4.39 Å². The van der Waals surface area contributed by atoms with Crippen molar-refractivity contribution in [1.29, 1.82) is 0 Å². The molecule has 2 unspecified atom stereocenters. The summed E-state index contributed by atoms with van der Waals surface area (Å²) in [6.45, 7) is 5.65. The molecule has 172 valence electrons. The maximum atomic E-state index is 14.2. The zero-order chi connectivity index (χ0) is 21.1. The Morgan fingerprint density at radius 3 is 2.48 bits per heavy atom. The maximum absolute atomic E-state index is 14.2. The Hall–Kier alpha value is -1.13. The van der Waals surface area contributed by atoms with E-state index in [-0.39, 0.29) is 47.7 Å². The number of hydrogen-bond acceptors (Lipinski definition) is 3. The molecule has 3 aliphatic rings. The molecule has 1 aromatic rings. The van der Waals surface area contributed by atoms with E-state index in [4.69, 9.17) is 11.6 Å². The molecule has 1 aromatic carbocycles. The summed E-state index contributed by atoms with van der Waals surface area (Å²) >= 11 is 6.22. The number of halogens is 3. The second kappa shape index (κ2) is 11.1. The molecular weight excluding hydrogens is 532 g/mol. The zero-order valence-electron chi connectivity index (χ0n) is 18.0. The van der Waals surface area contributed by atoms with Crippen LogP contribution in [-0.2, 0) is 4.79 Å². The quantitative estimate of drug-likeness (QED) is 0.348.